The van der Waals surface area contributed by atoms with Crippen LogP contribution in [0, 0.1) is 10.1 Å². The Morgan fingerprint density at radius 2 is 1.92 bits per heavy atom. The van der Waals surface area contributed by atoms with Crippen molar-refractivity contribution in [2.24, 2.45) is 0 Å². The third-order valence-electron chi connectivity index (χ3n) is 3.60. The first-order chi connectivity index (χ1) is 11.4. The minimum absolute atomic E-state index is 0.128. The maximum atomic E-state index is 12.4. The third kappa shape index (κ3) is 3.05. The lowest BCUT2D eigenvalue weighted by atomic mass is 10.3. The summed E-state index contributed by atoms with van der Waals surface area (Å²) >= 11 is 1.14. The number of nitro groups is 1. The lowest BCUT2D eigenvalue weighted by Crippen LogP contribution is -2.50. The zero-order valence-electron chi connectivity index (χ0n) is 12.3. The number of carbonyl (C=O) groups is 1. The fourth-order valence-electron chi connectivity index (χ4n) is 2.37. The van der Waals surface area contributed by atoms with Gasteiger partial charge in [-0.15, -0.1) is 11.3 Å². The van der Waals surface area contributed by atoms with E-state index in [1.807, 2.05) is 0 Å². The predicted octanol–water partition coefficient (Wildman–Crippen LogP) is 1.40. The normalized spacial score (nSPS) is 16.2. The zero-order chi connectivity index (χ0) is 17.3. The highest BCUT2D eigenvalue weighted by molar-refractivity contribution is 7.91. The molecule has 0 N–H and O–H groups in total. The van der Waals surface area contributed by atoms with Crippen LogP contribution in [0.25, 0.3) is 0 Å². The summed E-state index contributed by atoms with van der Waals surface area (Å²) in [7, 11) is -3.54. The van der Waals surface area contributed by atoms with E-state index < -0.39 is 26.7 Å². The molecule has 0 atom stereocenters. The number of hydrogen-bond acceptors (Lipinski definition) is 7. The molecule has 0 spiro atoms. The standard InChI is InChI=1S/C13H13N3O6S2/c17-13(10-3-4-11(22-10)16(18)19)14-5-7-15(8-6-14)24(20,21)12-2-1-9-23-12/h1-4,9H,5-8H2. The van der Waals surface area contributed by atoms with Gasteiger partial charge in [0.1, 0.15) is 9.13 Å². The van der Waals surface area contributed by atoms with Crippen LogP contribution in [0.1, 0.15) is 10.6 Å². The summed E-state index contributed by atoms with van der Waals surface area (Å²) in [5.41, 5.74) is 0. The lowest BCUT2D eigenvalue weighted by molar-refractivity contribution is -0.402. The molecule has 0 bridgehead atoms. The number of carbonyl (C=O) groups excluding carboxylic acids is 1. The first-order valence-corrected chi connectivity index (χ1v) is 9.29. The fourth-order valence-corrected chi connectivity index (χ4v) is 4.93. The van der Waals surface area contributed by atoms with Gasteiger partial charge in [-0.05, 0) is 17.5 Å². The second-order valence-electron chi connectivity index (χ2n) is 5.02. The van der Waals surface area contributed by atoms with Crippen LogP contribution in [0.4, 0.5) is 5.88 Å². The molecule has 9 nitrogen and oxygen atoms in total. The topological polar surface area (TPSA) is 114 Å². The van der Waals surface area contributed by atoms with Crippen molar-refractivity contribution in [3.8, 4) is 0 Å². The molecule has 2 aromatic rings. The van der Waals surface area contributed by atoms with Gasteiger partial charge >= 0.3 is 5.88 Å². The van der Waals surface area contributed by atoms with Gasteiger partial charge in [0.2, 0.25) is 0 Å². The molecule has 0 unspecified atom stereocenters. The van der Waals surface area contributed by atoms with Gasteiger partial charge in [-0.25, -0.2) is 8.42 Å². The van der Waals surface area contributed by atoms with Crippen LogP contribution in [0.5, 0.6) is 0 Å². The molecule has 11 heteroatoms. The first-order valence-electron chi connectivity index (χ1n) is 6.97. The van der Waals surface area contributed by atoms with Crippen molar-refractivity contribution in [3.63, 3.8) is 0 Å². The number of amides is 1. The monoisotopic (exact) mass is 371 g/mol. The molecule has 1 fully saturated rings. The summed E-state index contributed by atoms with van der Waals surface area (Å²) in [5.74, 6) is -1.12. The van der Waals surface area contributed by atoms with Gasteiger partial charge in [0.15, 0.2) is 5.76 Å². The van der Waals surface area contributed by atoms with Gasteiger partial charge in [-0.2, -0.15) is 4.31 Å². The summed E-state index contributed by atoms with van der Waals surface area (Å²) in [6.45, 7) is 0.708. The Bertz CT molecular complexity index is 850. The van der Waals surface area contributed by atoms with Crippen LogP contribution >= 0.6 is 11.3 Å². The Morgan fingerprint density at radius 1 is 1.21 bits per heavy atom. The van der Waals surface area contributed by atoms with Crippen LogP contribution in [-0.4, -0.2) is 54.6 Å². The summed E-state index contributed by atoms with van der Waals surface area (Å²) in [6.07, 6.45) is 0. The summed E-state index contributed by atoms with van der Waals surface area (Å²) in [6, 6.07) is 5.57. The highest BCUT2D eigenvalue weighted by atomic mass is 32.2. The Morgan fingerprint density at radius 3 is 2.46 bits per heavy atom. The van der Waals surface area contributed by atoms with Crippen LogP contribution in [0.15, 0.2) is 38.3 Å². The Hall–Kier alpha value is -2.24. The maximum absolute atomic E-state index is 12.4. The van der Waals surface area contributed by atoms with Crippen molar-refractivity contribution in [1.29, 1.82) is 0 Å². The largest absolute Gasteiger partial charge is 0.433 e. The molecule has 24 heavy (non-hydrogen) atoms. The van der Waals surface area contributed by atoms with E-state index >= 15 is 0 Å². The predicted molar refractivity (Wildman–Crippen MR) is 84.3 cm³/mol. The van der Waals surface area contributed by atoms with E-state index in [4.69, 9.17) is 4.42 Å². The molecule has 1 amide bonds. The van der Waals surface area contributed by atoms with Gasteiger partial charge in [0, 0.05) is 26.2 Å². The quantitative estimate of drug-likeness (QED) is 0.593. The molecule has 2 aromatic heterocycles. The Labute approximate surface area is 141 Å². The molecular weight excluding hydrogens is 358 g/mol. The number of furan rings is 1. The van der Waals surface area contributed by atoms with Gasteiger partial charge in [-0.3, -0.25) is 14.9 Å². The van der Waals surface area contributed by atoms with E-state index in [0.717, 1.165) is 17.4 Å². The Balaban J connectivity index is 1.66. The fraction of sp³-hybridized carbons (Fsp3) is 0.308. The molecule has 1 aliphatic heterocycles. The summed E-state index contributed by atoms with van der Waals surface area (Å²) in [4.78, 5) is 23.6. The smallest absolute Gasteiger partial charge is 0.395 e. The van der Waals surface area contributed by atoms with Crippen molar-refractivity contribution in [2.75, 3.05) is 26.2 Å². The third-order valence-corrected chi connectivity index (χ3v) is 6.87. The molecule has 1 aliphatic rings. The van der Waals surface area contributed by atoms with Crippen molar-refractivity contribution in [1.82, 2.24) is 9.21 Å². The van der Waals surface area contributed by atoms with Gasteiger partial charge < -0.3 is 9.32 Å². The molecule has 1 saturated heterocycles. The van der Waals surface area contributed by atoms with Crippen molar-refractivity contribution in [2.45, 2.75) is 4.21 Å². The van der Waals surface area contributed by atoms with E-state index in [9.17, 15) is 23.3 Å². The molecule has 0 aromatic carbocycles. The average Bonchev–Trinajstić information content (AvgIpc) is 3.26. The highest BCUT2D eigenvalue weighted by Gasteiger charge is 2.32. The summed E-state index contributed by atoms with van der Waals surface area (Å²) in [5, 5.41) is 12.3. The van der Waals surface area contributed by atoms with E-state index in [-0.39, 0.29) is 36.1 Å². The van der Waals surface area contributed by atoms with Crippen molar-refractivity contribution >= 4 is 33.2 Å². The van der Waals surface area contributed by atoms with Crippen LogP contribution in [0.2, 0.25) is 0 Å². The number of rotatable bonds is 4. The lowest BCUT2D eigenvalue weighted by Gasteiger charge is -2.33. The number of sulfonamides is 1. The SMILES string of the molecule is O=C(c1ccc([N+](=O)[O-])o1)N1CCN(S(=O)(=O)c2cccs2)CC1. The molecule has 0 aliphatic carbocycles. The highest BCUT2D eigenvalue weighted by Crippen LogP contribution is 2.23. The van der Waals surface area contributed by atoms with E-state index in [0.29, 0.717) is 0 Å². The molecule has 0 radical (unpaired) electrons. The van der Waals surface area contributed by atoms with E-state index in [1.54, 1.807) is 17.5 Å². The second kappa shape index (κ2) is 6.34. The minimum Gasteiger partial charge on any atom is -0.395 e. The van der Waals surface area contributed by atoms with Crippen LogP contribution in [0.3, 0.4) is 0 Å². The Kier molecular flexibility index (Phi) is 4.39. The van der Waals surface area contributed by atoms with Gasteiger partial charge in [0.05, 0.1) is 6.07 Å². The van der Waals surface area contributed by atoms with Gasteiger partial charge in [-0.1, -0.05) is 6.07 Å². The molecule has 128 valence electrons. The van der Waals surface area contributed by atoms with Crippen LogP contribution in [-0.2, 0) is 10.0 Å². The van der Waals surface area contributed by atoms with Crippen LogP contribution < -0.4 is 0 Å². The molecular formula is C13H13N3O6S2. The molecule has 3 heterocycles. The first kappa shape index (κ1) is 16.6. The van der Waals surface area contributed by atoms with E-state index in [1.165, 1.54) is 15.3 Å². The number of thiophene rings is 1. The minimum atomic E-state index is -3.54. The number of hydrogen-bond donors (Lipinski definition) is 0. The molecule has 0 saturated carbocycles. The van der Waals surface area contributed by atoms with E-state index in [2.05, 4.69) is 0 Å². The summed E-state index contributed by atoms with van der Waals surface area (Å²) < 4.78 is 31.3. The number of nitrogens with zero attached hydrogens (tertiary/aromatic N) is 3. The number of piperazine rings is 1. The van der Waals surface area contributed by atoms with Gasteiger partial charge in [0.25, 0.3) is 15.9 Å². The molecule has 3 rings (SSSR count). The zero-order valence-corrected chi connectivity index (χ0v) is 14.0. The van der Waals surface area contributed by atoms with Crippen molar-refractivity contribution in [3.05, 3.63) is 45.5 Å². The maximum Gasteiger partial charge on any atom is 0.433 e. The second-order valence-corrected chi connectivity index (χ2v) is 8.14. The average molecular weight is 371 g/mol. The van der Waals surface area contributed by atoms with Crippen molar-refractivity contribution < 1.29 is 22.6 Å².